The molecule has 0 aromatic heterocycles. The van der Waals surface area contributed by atoms with Gasteiger partial charge in [-0.3, -0.25) is 4.79 Å². The van der Waals surface area contributed by atoms with Crippen molar-refractivity contribution in [2.45, 2.75) is 26.4 Å². The molecule has 0 aliphatic carbocycles. The van der Waals surface area contributed by atoms with Gasteiger partial charge in [0.25, 0.3) is 5.91 Å². The number of hydrogen-bond donors (Lipinski definition) is 1. The van der Waals surface area contributed by atoms with E-state index in [0.717, 1.165) is 38.2 Å². The summed E-state index contributed by atoms with van der Waals surface area (Å²) < 4.78 is 37.2. The van der Waals surface area contributed by atoms with Crippen LogP contribution in [0.5, 0.6) is 0 Å². The van der Waals surface area contributed by atoms with Crippen LogP contribution in [-0.2, 0) is 6.18 Å². The first kappa shape index (κ1) is 17.5. The molecule has 1 rings (SSSR count). The summed E-state index contributed by atoms with van der Waals surface area (Å²) in [5, 5.41) is 2.71. The number of hydrogen-bond acceptors (Lipinski definition) is 2. The van der Waals surface area contributed by atoms with Crippen LogP contribution in [0.4, 0.5) is 13.2 Å². The lowest BCUT2D eigenvalue weighted by atomic mass is 10.1. The molecule has 118 valence electrons. The molecule has 1 N–H and O–H groups in total. The number of amides is 1. The molecule has 0 spiro atoms. The molecule has 21 heavy (non-hydrogen) atoms. The summed E-state index contributed by atoms with van der Waals surface area (Å²) >= 11 is 0. The Morgan fingerprint density at radius 1 is 1.14 bits per heavy atom. The minimum atomic E-state index is -4.38. The number of nitrogens with zero attached hydrogens (tertiary/aromatic N) is 1. The summed E-state index contributed by atoms with van der Waals surface area (Å²) in [6.45, 7) is 7.47. The molecule has 6 heteroatoms. The summed E-state index contributed by atoms with van der Waals surface area (Å²) in [7, 11) is 0. The van der Waals surface area contributed by atoms with Gasteiger partial charge in [-0.2, -0.15) is 13.2 Å². The Balaban J connectivity index is 2.42. The molecule has 0 aliphatic rings. The topological polar surface area (TPSA) is 32.3 Å². The Morgan fingerprint density at radius 3 is 2.19 bits per heavy atom. The summed E-state index contributed by atoms with van der Waals surface area (Å²) in [5.41, 5.74) is -0.508. The number of halogens is 3. The van der Waals surface area contributed by atoms with Gasteiger partial charge in [0.2, 0.25) is 0 Å². The summed E-state index contributed by atoms with van der Waals surface area (Å²) in [4.78, 5) is 14.0. The second-order valence-electron chi connectivity index (χ2n) is 4.71. The fourth-order valence-electron chi connectivity index (χ4n) is 1.96. The van der Waals surface area contributed by atoms with E-state index in [1.807, 2.05) is 0 Å². The Labute approximate surface area is 123 Å². The van der Waals surface area contributed by atoms with Crippen molar-refractivity contribution in [2.75, 3.05) is 26.2 Å². The molecular weight excluding hydrogens is 281 g/mol. The zero-order valence-electron chi connectivity index (χ0n) is 12.3. The van der Waals surface area contributed by atoms with Gasteiger partial charge in [0.15, 0.2) is 0 Å². The van der Waals surface area contributed by atoms with Gasteiger partial charge >= 0.3 is 6.18 Å². The second-order valence-corrected chi connectivity index (χ2v) is 4.71. The van der Waals surface area contributed by atoms with Crippen molar-refractivity contribution >= 4 is 5.91 Å². The highest BCUT2D eigenvalue weighted by molar-refractivity contribution is 5.94. The molecule has 0 bridgehead atoms. The molecule has 0 aliphatic heterocycles. The third-order valence-corrected chi connectivity index (χ3v) is 3.31. The molecule has 1 aromatic carbocycles. The molecule has 0 saturated heterocycles. The Hall–Kier alpha value is -1.56. The average Bonchev–Trinajstić information content (AvgIpc) is 2.46. The van der Waals surface area contributed by atoms with E-state index in [-0.39, 0.29) is 11.5 Å². The van der Waals surface area contributed by atoms with Crippen LogP contribution in [0.1, 0.15) is 36.2 Å². The highest BCUT2D eigenvalue weighted by Crippen LogP contribution is 2.28. The fraction of sp³-hybridized carbons (Fsp3) is 0.533. The van der Waals surface area contributed by atoms with Crippen LogP contribution in [0.2, 0.25) is 0 Å². The van der Waals surface area contributed by atoms with E-state index in [4.69, 9.17) is 0 Å². The number of alkyl halides is 3. The Morgan fingerprint density at radius 2 is 1.71 bits per heavy atom. The number of carbonyl (C=O) groups is 1. The van der Waals surface area contributed by atoms with Crippen LogP contribution >= 0.6 is 0 Å². The lowest BCUT2D eigenvalue weighted by Gasteiger charge is -2.17. The normalized spacial score (nSPS) is 11.7. The van der Waals surface area contributed by atoms with E-state index in [0.29, 0.717) is 6.54 Å². The number of benzene rings is 1. The van der Waals surface area contributed by atoms with E-state index in [9.17, 15) is 18.0 Å². The minimum Gasteiger partial charge on any atom is -0.352 e. The average molecular weight is 302 g/mol. The van der Waals surface area contributed by atoms with Crippen molar-refractivity contribution in [3.05, 3.63) is 35.4 Å². The van der Waals surface area contributed by atoms with Crippen molar-refractivity contribution in [2.24, 2.45) is 0 Å². The smallest absolute Gasteiger partial charge is 0.352 e. The van der Waals surface area contributed by atoms with E-state index in [1.165, 1.54) is 12.1 Å². The van der Waals surface area contributed by atoms with Crippen LogP contribution in [0.3, 0.4) is 0 Å². The second kappa shape index (κ2) is 8.02. The van der Waals surface area contributed by atoms with Crippen molar-refractivity contribution < 1.29 is 18.0 Å². The third kappa shape index (κ3) is 5.75. The zero-order chi connectivity index (χ0) is 15.9. The number of nitrogens with one attached hydrogen (secondary N) is 1. The van der Waals surface area contributed by atoms with Crippen molar-refractivity contribution in [3.63, 3.8) is 0 Å². The summed E-state index contributed by atoms with van der Waals surface area (Å²) in [5.74, 6) is -0.344. The maximum atomic E-state index is 12.4. The molecule has 0 atom stereocenters. The fourth-order valence-corrected chi connectivity index (χ4v) is 1.96. The minimum absolute atomic E-state index is 0.242. The standard InChI is InChI=1S/C15H21F3N2O/c1-3-20(4-2)11-5-10-19-14(21)12-6-8-13(9-7-12)15(16,17)18/h6-9H,3-5,10-11H2,1-2H3,(H,19,21). The maximum absolute atomic E-state index is 12.4. The van der Waals surface area contributed by atoms with Gasteiger partial charge in [-0.15, -0.1) is 0 Å². The van der Waals surface area contributed by atoms with Crippen LogP contribution in [0, 0.1) is 0 Å². The van der Waals surface area contributed by atoms with Crippen molar-refractivity contribution in [1.29, 1.82) is 0 Å². The van der Waals surface area contributed by atoms with Crippen LogP contribution < -0.4 is 5.32 Å². The number of carbonyl (C=O) groups excluding carboxylic acids is 1. The van der Waals surface area contributed by atoms with Crippen molar-refractivity contribution in [3.8, 4) is 0 Å². The molecule has 0 radical (unpaired) electrons. The third-order valence-electron chi connectivity index (χ3n) is 3.31. The molecule has 1 amide bonds. The highest BCUT2D eigenvalue weighted by Gasteiger charge is 2.30. The van der Waals surface area contributed by atoms with Crippen LogP contribution in [-0.4, -0.2) is 37.0 Å². The lowest BCUT2D eigenvalue weighted by Crippen LogP contribution is -2.29. The summed E-state index contributed by atoms with van der Waals surface area (Å²) in [6, 6.07) is 4.24. The zero-order valence-corrected chi connectivity index (χ0v) is 12.3. The first-order valence-electron chi connectivity index (χ1n) is 7.06. The van der Waals surface area contributed by atoms with Crippen molar-refractivity contribution in [1.82, 2.24) is 10.2 Å². The molecule has 0 fully saturated rings. The maximum Gasteiger partial charge on any atom is 0.416 e. The molecule has 0 heterocycles. The van der Waals surface area contributed by atoms with Gasteiger partial charge in [-0.05, 0) is 50.3 Å². The van der Waals surface area contributed by atoms with Gasteiger partial charge in [0.1, 0.15) is 0 Å². The molecule has 1 aromatic rings. The van der Waals surface area contributed by atoms with E-state index >= 15 is 0 Å². The van der Waals surface area contributed by atoms with Gasteiger partial charge in [0.05, 0.1) is 5.56 Å². The predicted molar refractivity (Wildman–Crippen MR) is 76.2 cm³/mol. The van der Waals surface area contributed by atoms with Gasteiger partial charge in [-0.1, -0.05) is 13.8 Å². The molecule has 0 saturated carbocycles. The first-order chi connectivity index (χ1) is 9.88. The first-order valence-corrected chi connectivity index (χ1v) is 7.06. The van der Waals surface area contributed by atoms with E-state index in [2.05, 4.69) is 24.1 Å². The Kier molecular flexibility index (Phi) is 6.68. The highest BCUT2D eigenvalue weighted by atomic mass is 19.4. The molecule has 0 unspecified atom stereocenters. The molecular formula is C15H21F3N2O. The molecule has 3 nitrogen and oxygen atoms in total. The van der Waals surface area contributed by atoms with E-state index in [1.54, 1.807) is 0 Å². The van der Waals surface area contributed by atoms with Gasteiger partial charge < -0.3 is 10.2 Å². The SMILES string of the molecule is CCN(CC)CCCNC(=O)c1ccc(C(F)(F)F)cc1. The monoisotopic (exact) mass is 302 g/mol. The van der Waals surface area contributed by atoms with Gasteiger partial charge in [0, 0.05) is 12.1 Å². The van der Waals surface area contributed by atoms with Gasteiger partial charge in [-0.25, -0.2) is 0 Å². The largest absolute Gasteiger partial charge is 0.416 e. The summed E-state index contributed by atoms with van der Waals surface area (Å²) in [6.07, 6.45) is -3.56. The lowest BCUT2D eigenvalue weighted by molar-refractivity contribution is -0.137. The van der Waals surface area contributed by atoms with Crippen LogP contribution in [0.15, 0.2) is 24.3 Å². The Bertz CT molecular complexity index is 439. The quantitative estimate of drug-likeness (QED) is 0.785. The number of rotatable bonds is 7. The predicted octanol–water partition coefficient (Wildman–Crippen LogP) is 3.17. The van der Waals surface area contributed by atoms with Crippen LogP contribution in [0.25, 0.3) is 0 Å². The van der Waals surface area contributed by atoms with E-state index < -0.39 is 11.7 Å².